The van der Waals surface area contributed by atoms with Crippen LogP contribution in [-0.2, 0) is 10.3 Å². The van der Waals surface area contributed by atoms with Crippen LogP contribution in [0.5, 0.6) is 0 Å². The molecule has 0 saturated heterocycles. The highest BCUT2D eigenvalue weighted by Crippen LogP contribution is 2.17. The van der Waals surface area contributed by atoms with Crippen LogP contribution in [0.3, 0.4) is 0 Å². The Balaban J connectivity index is 3.08. The van der Waals surface area contributed by atoms with E-state index in [1.807, 2.05) is 0 Å². The van der Waals surface area contributed by atoms with Gasteiger partial charge in [-0.2, -0.15) is 0 Å². The van der Waals surface area contributed by atoms with Gasteiger partial charge in [-0.3, -0.25) is 0 Å². The lowest BCUT2D eigenvalue weighted by Gasteiger charge is -2.18. The quantitative estimate of drug-likeness (QED) is 0.592. The Kier molecular flexibility index (Phi) is 2.20. The van der Waals surface area contributed by atoms with Gasteiger partial charge in [0.25, 0.3) is 0 Å². The number of nitrogens with zero attached hydrogens (tertiary/aromatic N) is 1. The number of nitrogen functional groups attached to an aromatic ring is 1. The van der Waals surface area contributed by atoms with E-state index in [2.05, 4.69) is 4.98 Å². The number of aliphatic carboxylic acids is 1. The van der Waals surface area contributed by atoms with E-state index in [4.69, 9.17) is 16.6 Å². The number of aromatic nitrogens is 1. The van der Waals surface area contributed by atoms with Gasteiger partial charge >= 0.3 is 5.97 Å². The fourth-order valence-corrected chi connectivity index (χ4v) is 0.836. The molecular weight excluding hydrogens is 170 g/mol. The van der Waals surface area contributed by atoms with Gasteiger partial charge in [-0.15, -0.1) is 0 Å². The average molecular weight is 181 g/mol. The van der Waals surface area contributed by atoms with Crippen LogP contribution in [0.4, 0.5) is 5.82 Å². The number of hydrogen-bond donors (Lipinski definition) is 3. The van der Waals surface area contributed by atoms with Gasteiger partial charge in [0.05, 0.1) is 0 Å². The first-order valence-electron chi connectivity index (χ1n) is 3.69. The third kappa shape index (κ3) is 1.75. The van der Waals surface area contributed by atoms with Gasteiger partial charge in [-0.05, 0) is 13.0 Å². The molecule has 0 amide bonds. The standard InChI is InChI=1S/C8H11N3O2/c1-8(10,7(12)13)5-2-3-6(9)11-4-5/h2-4H,10H2,1H3,(H2,9,11)(H,12,13)/t8-/m1/s1. The fourth-order valence-electron chi connectivity index (χ4n) is 0.836. The van der Waals surface area contributed by atoms with E-state index in [-0.39, 0.29) is 0 Å². The Morgan fingerprint density at radius 3 is 2.62 bits per heavy atom. The summed E-state index contributed by atoms with van der Waals surface area (Å²) in [5.74, 6) is -0.760. The van der Waals surface area contributed by atoms with Gasteiger partial charge in [-0.1, -0.05) is 6.07 Å². The summed E-state index contributed by atoms with van der Waals surface area (Å²) in [6.45, 7) is 1.41. The number of nitrogens with two attached hydrogens (primary N) is 2. The zero-order chi connectivity index (χ0) is 10.1. The number of anilines is 1. The molecule has 0 aromatic carbocycles. The van der Waals surface area contributed by atoms with Crippen LogP contribution in [0.1, 0.15) is 12.5 Å². The maximum atomic E-state index is 10.7. The molecule has 0 unspecified atom stereocenters. The molecule has 70 valence electrons. The Morgan fingerprint density at radius 2 is 2.23 bits per heavy atom. The van der Waals surface area contributed by atoms with E-state index in [9.17, 15) is 4.79 Å². The van der Waals surface area contributed by atoms with Gasteiger partial charge in [0.15, 0.2) is 0 Å². The molecule has 0 radical (unpaired) electrons. The average Bonchev–Trinajstić information content (AvgIpc) is 2.04. The van der Waals surface area contributed by atoms with Crippen molar-refractivity contribution in [3.63, 3.8) is 0 Å². The zero-order valence-electron chi connectivity index (χ0n) is 7.19. The Labute approximate surface area is 75.4 Å². The van der Waals surface area contributed by atoms with E-state index >= 15 is 0 Å². The minimum absolute atomic E-state index is 0.338. The van der Waals surface area contributed by atoms with Gasteiger partial charge < -0.3 is 16.6 Å². The summed E-state index contributed by atoms with van der Waals surface area (Å²) in [6.07, 6.45) is 1.36. The monoisotopic (exact) mass is 181 g/mol. The maximum absolute atomic E-state index is 10.7. The van der Waals surface area contributed by atoms with Crippen LogP contribution in [0.2, 0.25) is 0 Å². The Hall–Kier alpha value is -1.62. The number of carbonyl (C=O) groups is 1. The number of rotatable bonds is 2. The molecule has 0 aliphatic heterocycles. The normalized spacial score (nSPS) is 14.9. The van der Waals surface area contributed by atoms with Crippen LogP contribution >= 0.6 is 0 Å². The van der Waals surface area contributed by atoms with Crippen molar-refractivity contribution in [1.29, 1.82) is 0 Å². The molecule has 1 aromatic heterocycles. The predicted molar refractivity (Wildman–Crippen MR) is 47.8 cm³/mol. The molecule has 1 aromatic rings. The summed E-state index contributed by atoms with van der Waals surface area (Å²) in [4.78, 5) is 14.5. The van der Waals surface area contributed by atoms with Crippen molar-refractivity contribution in [2.45, 2.75) is 12.5 Å². The molecule has 1 rings (SSSR count). The topological polar surface area (TPSA) is 102 Å². The van der Waals surface area contributed by atoms with Crippen LogP contribution in [-0.4, -0.2) is 16.1 Å². The Morgan fingerprint density at radius 1 is 1.62 bits per heavy atom. The second kappa shape index (κ2) is 3.02. The van der Waals surface area contributed by atoms with E-state index in [0.717, 1.165) is 0 Å². The van der Waals surface area contributed by atoms with Gasteiger partial charge in [0.2, 0.25) is 0 Å². The first-order chi connectivity index (χ1) is 5.94. The second-order valence-corrected chi connectivity index (χ2v) is 2.98. The minimum Gasteiger partial charge on any atom is -0.480 e. The minimum atomic E-state index is -1.42. The molecule has 0 bridgehead atoms. The van der Waals surface area contributed by atoms with Gasteiger partial charge in [0, 0.05) is 11.8 Å². The van der Waals surface area contributed by atoms with E-state index in [1.54, 1.807) is 6.07 Å². The molecule has 5 N–H and O–H groups in total. The molecule has 5 heteroatoms. The van der Waals surface area contributed by atoms with Gasteiger partial charge in [-0.25, -0.2) is 9.78 Å². The summed E-state index contributed by atoms with van der Waals surface area (Å²) < 4.78 is 0. The molecule has 13 heavy (non-hydrogen) atoms. The van der Waals surface area contributed by atoms with Crippen molar-refractivity contribution in [2.75, 3.05) is 5.73 Å². The number of hydrogen-bond acceptors (Lipinski definition) is 4. The molecule has 0 fully saturated rings. The van der Waals surface area contributed by atoms with E-state index in [1.165, 1.54) is 19.2 Å². The first kappa shape index (κ1) is 9.47. The molecule has 1 atom stereocenters. The number of carboxylic acid groups (broad SMARTS) is 1. The summed E-state index contributed by atoms with van der Waals surface area (Å²) in [7, 11) is 0. The van der Waals surface area contributed by atoms with Crippen molar-refractivity contribution >= 4 is 11.8 Å². The summed E-state index contributed by atoms with van der Waals surface area (Å²) in [5, 5.41) is 8.78. The molecule has 0 spiro atoms. The molecule has 0 aliphatic carbocycles. The lowest BCUT2D eigenvalue weighted by atomic mass is 9.95. The van der Waals surface area contributed by atoms with Crippen molar-refractivity contribution in [2.24, 2.45) is 5.73 Å². The number of carboxylic acids is 1. The van der Waals surface area contributed by atoms with E-state index in [0.29, 0.717) is 11.4 Å². The maximum Gasteiger partial charge on any atom is 0.328 e. The van der Waals surface area contributed by atoms with Crippen LogP contribution in [0, 0.1) is 0 Å². The highest BCUT2D eigenvalue weighted by Gasteiger charge is 2.30. The highest BCUT2D eigenvalue weighted by atomic mass is 16.4. The fraction of sp³-hybridized carbons (Fsp3) is 0.250. The predicted octanol–water partition coefficient (Wildman–Crippen LogP) is -0.0777. The molecule has 0 saturated carbocycles. The third-order valence-corrected chi connectivity index (χ3v) is 1.83. The summed E-state index contributed by atoms with van der Waals surface area (Å²) >= 11 is 0. The lowest BCUT2D eigenvalue weighted by molar-refractivity contribution is -0.143. The molecule has 5 nitrogen and oxygen atoms in total. The third-order valence-electron chi connectivity index (χ3n) is 1.83. The van der Waals surface area contributed by atoms with Crippen molar-refractivity contribution in [1.82, 2.24) is 4.98 Å². The molecule has 1 heterocycles. The molecule has 0 aliphatic rings. The van der Waals surface area contributed by atoms with Crippen molar-refractivity contribution < 1.29 is 9.90 Å². The highest BCUT2D eigenvalue weighted by molar-refractivity contribution is 5.79. The van der Waals surface area contributed by atoms with E-state index < -0.39 is 11.5 Å². The van der Waals surface area contributed by atoms with Gasteiger partial charge in [0.1, 0.15) is 11.4 Å². The number of pyridine rings is 1. The summed E-state index contributed by atoms with van der Waals surface area (Å²) in [6, 6.07) is 3.07. The van der Waals surface area contributed by atoms with Crippen LogP contribution in [0.15, 0.2) is 18.3 Å². The second-order valence-electron chi connectivity index (χ2n) is 2.98. The van der Waals surface area contributed by atoms with Crippen molar-refractivity contribution in [3.8, 4) is 0 Å². The lowest BCUT2D eigenvalue weighted by Crippen LogP contribution is -2.41. The SMILES string of the molecule is C[C@](N)(C(=O)O)c1ccc(N)nc1. The summed E-state index contributed by atoms with van der Waals surface area (Å²) in [5.41, 5.74) is 9.91. The smallest absolute Gasteiger partial charge is 0.328 e. The molecular formula is C8H11N3O2. The zero-order valence-corrected chi connectivity index (χ0v) is 7.19. The van der Waals surface area contributed by atoms with Crippen molar-refractivity contribution in [3.05, 3.63) is 23.9 Å². The largest absolute Gasteiger partial charge is 0.480 e. The Bertz CT molecular complexity index is 319. The van der Waals surface area contributed by atoms with Crippen LogP contribution < -0.4 is 11.5 Å². The van der Waals surface area contributed by atoms with Crippen LogP contribution in [0.25, 0.3) is 0 Å². The first-order valence-corrected chi connectivity index (χ1v) is 3.69.